The molecule has 0 amide bonds. The van der Waals surface area contributed by atoms with Gasteiger partial charge in [-0.25, -0.2) is 4.98 Å². The first-order valence-corrected chi connectivity index (χ1v) is 6.75. The van der Waals surface area contributed by atoms with Crippen LogP contribution < -0.4 is 10.6 Å². The average molecular weight is 267 g/mol. The van der Waals surface area contributed by atoms with E-state index in [0.717, 1.165) is 31.2 Å². The molecule has 0 atom stereocenters. The van der Waals surface area contributed by atoms with Crippen LogP contribution in [0.15, 0.2) is 12.3 Å². The summed E-state index contributed by atoms with van der Waals surface area (Å²) in [7, 11) is 0. The molecule has 0 radical (unpaired) electrons. The van der Waals surface area contributed by atoms with Crippen molar-refractivity contribution in [2.24, 2.45) is 11.7 Å². The highest BCUT2D eigenvalue weighted by atomic mass is 35.5. The summed E-state index contributed by atoms with van der Waals surface area (Å²) in [5.41, 5.74) is 6.09. The fraction of sp³-hybridized carbons (Fsp3) is 0.538. The van der Waals surface area contributed by atoms with Crippen molar-refractivity contribution < 1.29 is 0 Å². The van der Waals surface area contributed by atoms with E-state index >= 15 is 0 Å². The molecular weight excluding hydrogens is 248 g/mol. The number of nitrogens with zero attached hydrogens (tertiary/aromatic N) is 2. The van der Waals surface area contributed by atoms with Crippen molar-refractivity contribution in [1.29, 1.82) is 5.41 Å². The number of aromatic nitrogens is 1. The second-order valence-corrected chi connectivity index (χ2v) is 5.18. The molecular formula is C13H19ClN4. The number of rotatable bonds is 6. The molecule has 0 saturated heterocycles. The number of halogens is 1. The van der Waals surface area contributed by atoms with Crippen LogP contribution in [0.4, 0.5) is 5.82 Å². The molecule has 2 rings (SSSR count). The molecule has 1 aliphatic rings. The normalized spacial score (nSPS) is 14.6. The second-order valence-electron chi connectivity index (χ2n) is 4.80. The zero-order chi connectivity index (χ0) is 13.1. The van der Waals surface area contributed by atoms with Gasteiger partial charge in [0.1, 0.15) is 11.7 Å². The molecule has 0 unspecified atom stereocenters. The molecule has 1 heterocycles. The van der Waals surface area contributed by atoms with Gasteiger partial charge in [-0.2, -0.15) is 0 Å². The van der Waals surface area contributed by atoms with E-state index in [1.165, 1.54) is 12.8 Å². The molecule has 1 aromatic heterocycles. The minimum absolute atomic E-state index is 0.00785. The Morgan fingerprint density at radius 1 is 1.61 bits per heavy atom. The molecule has 0 aliphatic heterocycles. The molecule has 98 valence electrons. The first kappa shape index (κ1) is 13.1. The predicted octanol–water partition coefficient (Wildman–Crippen LogP) is 2.65. The summed E-state index contributed by atoms with van der Waals surface area (Å²) in [5.74, 6) is 1.53. The summed E-state index contributed by atoms with van der Waals surface area (Å²) in [6, 6.07) is 1.69. The van der Waals surface area contributed by atoms with Crippen molar-refractivity contribution in [1.82, 2.24) is 4.98 Å². The maximum atomic E-state index is 7.52. The van der Waals surface area contributed by atoms with Crippen LogP contribution >= 0.6 is 11.6 Å². The molecule has 0 aromatic carbocycles. The molecule has 1 saturated carbocycles. The average Bonchev–Trinajstić information content (AvgIpc) is 3.12. The predicted molar refractivity (Wildman–Crippen MR) is 75.5 cm³/mol. The monoisotopic (exact) mass is 266 g/mol. The van der Waals surface area contributed by atoms with Crippen LogP contribution in [0, 0.1) is 11.3 Å². The number of anilines is 1. The van der Waals surface area contributed by atoms with E-state index in [9.17, 15) is 0 Å². The van der Waals surface area contributed by atoms with Gasteiger partial charge in [-0.3, -0.25) is 5.41 Å². The third kappa shape index (κ3) is 2.93. The highest BCUT2D eigenvalue weighted by Gasteiger charge is 2.26. The molecule has 1 aliphatic carbocycles. The van der Waals surface area contributed by atoms with Gasteiger partial charge in [0.15, 0.2) is 0 Å². The van der Waals surface area contributed by atoms with Crippen molar-refractivity contribution in [3.8, 4) is 0 Å². The van der Waals surface area contributed by atoms with Crippen LogP contribution in [0.1, 0.15) is 31.7 Å². The third-order valence-electron chi connectivity index (χ3n) is 3.13. The first-order chi connectivity index (χ1) is 8.63. The number of amidine groups is 1. The van der Waals surface area contributed by atoms with Gasteiger partial charge >= 0.3 is 0 Å². The van der Waals surface area contributed by atoms with Crippen molar-refractivity contribution in [2.75, 3.05) is 18.0 Å². The Bertz CT molecular complexity index is 443. The quantitative estimate of drug-likeness (QED) is 0.614. The highest BCUT2D eigenvalue weighted by molar-refractivity contribution is 6.36. The molecule has 18 heavy (non-hydrogen) atoms. The molecule has 5 heteroatoms. The van der Waals surface area contributed by atoms with Gasteiger partial charge in [0.2, 0.25) is 0 Å². The summed E-state index contributed by atoms with van der Waals surface area (Å²) in [4.78, 5) is 6.58. The molecule has 1 aromatic rings. The van der Waals surface area contributed by atoms with E-state index in [-0.39, 0.29) is 5.84 Å². The van der Waals surface area contributed by atoms with Gasteiger partial charge < -0.3 is 10.6 Å². The fourth-order valence-corrected chi connectivity index (χ4v) is 2.36. The second kappa shape index (κ2) is 5.57. The lowest BCUT2D eigenvalue weighted by molar-refractivity contribution is 0.699. The van der Waals surface area contributed by atoms with Gasteiger partial charge in [0.25, 0.3) is 0 Å². The third-order valence-corrected chi connectivity index (χ3v) is 3.50. The Kier molecular flexibility index (Phi) is 4.07. The molecule has 1 fully saturated rings. The molecule has 3 N–H and O–H groups in total. The Morgan fingerprint density at radius 2 is 2.33 bits per heavy atom. The summed E-state index contributed by atoms with van der Waals surface area (Å²) in [6.07, 6.45) is 5.32. The Hall–Kier alpha value is -1.29. The minimum Gasteiger partial charge on any atom is -0.384 e. The van der Waals surface area contributed by atoms with Crippen molar-refractivity contribution in [2.45, 2.75) is 26.2 Å². The van der Waals surface area contributed by atoms with Crippen LogP contribution in [-0.4, -0.2) is 23.9 Å². The van der Waals surface area contributed by atoms with Crippen LogP contribution in [-0.2, 0) is 0 Å². The van der Waals surface area contributed by atoms with E-state index < -0.39 is 0 Å². The number of pyridine rings is 1. The molecule has 4 nitrogen and oxygen atoms in total. The number of nitrogen functional groups attached to an aromatic ring is 1. The van der Waals surface area contributed by atoms with Crippen LogP contribution in [0.2, 0.25) is 5.02 Å². The molecule has 0 bridgehead atoms. The van der Waals surface area contributed by atoms with E-state index in [1.54, 1.807) is 12.3 Å². The topological polar surface area (TPSA) is 66.0 Å². The van der Waals surface area contributed by atoms with Crippen LogP contribution in [0.3, 0.4) is 0 Å². The van der Waals surface area contributed by atoms with Gasteiger partial charge in [-0.15, -0.1) is 0 Å². The smallest absolute Gasteiger partial charge is 0.148 e. The summed E-state index contributed by atoms with van der Waals surface area (Å²) in [6.45, 7) is 4.08. The van der Waals surface area contributed by atoms with Crippen molar-refractivity contribution >= 4 is 23.3 Å². The summed E-state index contributed by atoms with van der Waals surface area (Å²) >= 11 is 6.31. The Balaban J connectivity index is 2.27. The minimum atomic E-state index is -0.00785. The lowest BCUT2D eigenvalue weighted by atomic mass is 10.2. The van der Waals surface area contributed by atoms with E-state index in [0.29, 0.717) is 10.6 Å². The number of nitrogens with two attached hydrogens (primary N) is 1. The Morgan fingerprint density at radius 3 is 2.89 bits per heavy atom. The molecule has 0 spiro atoms. The SMILES string of the molecule is CCCN(CC1CC1)c1nccc(C(=N)N)c1Cl. The number of hydrogen-bond acceptors (Lipinski definition) is 3. The van der Waals surface area contributed by atoms with Crippen LogP contribution in [0.25, 0.3) is 0 Å². The van der Waals surface area contributed by atoms with Crippen molar-refractivity contribution in [3.05, 3.63) is 22.8 Å². The lowest BCUT2D eigenvalue weighted by Crippen LogP contribution is -2.28. The Labute approximate surface area is 113 Å². The number of hydrogen-bond donors (Lipinski definition) is 2. The first-order valence-electron chi connectivity index (χ1n) is 6.37. The van der Waals surface area contributed by atoms with Gasteiger partial charge in [0.05, 0.1) is 5.02 Å². The van der Waals surface area contributed by atoms with E-state index in [1.807, 2.05) is 0 Å². The highest BCUT2D eigenvalue weighted by Crippen LogP contribution is 2.33. The van der Waals surface area contributed by atoms with Crippen molar-refractivity contribution in [3.63, 3.8) is 0 Å². The number of nitrogens with one attached hydrogen (secondary N) is 1. The zero-order valence-corrected chi connectivity index (χ0v) is 11.4. The van der Waals surface area contributed by atoms with Gasteiger partial charge in [0, 0.05) is 24.8 Å². The zero-order valence-electron chi connectivity index (χ0n) is 10.6. The summed E-state index contributed by atoms with van der Waals surface area (Å²) < 4.78 is 0. The maximum Gasteiger partial charge on any atom is 0.148 e. The van der Waals surface area contributed by atoms with Crippen LogP contribution in [0.5, 0.6) is 0 Å². The summed E-state index contributed by atoms with van der Waals surface area (Å²) in [5, 5.41) is 8.02. The van der Waals surface area contributed by atoms with E-state index in [4.69, 9.17) is 22.7 Å². The van der Waals surface area contributed by atoms with Gasteiger partial charge in [-0.1, -0.05) is 18.5 Å². The van der Waals surface area contributed by atoms with Gasteiger partial charge in [-0.05, 0) is 31.2 Å². The lowest BCUT2D eigenvalue weighted by Gasteiger charge is -2.24. The maximum absolute atomic E-state index is 7.52. The standard InChI is InChI=1S/C13H19ClN4/c1-2-7-18(8-9-3-4-9)13-11(14)10(12(15)16)5-6-17-13/h5-6,9H,2-4,7-8H2,1H3,(H3,15,16). The fourth-order valence-electron chi connectivity index (χ4n) is 2.03. The van der Waals surface area contributed by atoms with E-state index in [2.05, 4.69) is 16.8 Å². The largest absolute Gasteiger partial charge is 0.384 e.